The van der Waals surface area contributed by atoms with Crippen molar-refractivity contribution in [3.8, 4) is 17.3 Å². The van der Waals surface area contributed by atoms with Crippen LogP contribution in [0.25, 0.3) is 22.5 Å². The molecule has 0 saturated heterocycles. The summed E-state index contributed by atoms with van der Waals surface area (Å²) in [5.74, 6) is 0.806. The van der Waals surface area contributed by atoms with E-state index in [0.717, 1.165) is 28.4 Å². The van der Waals surface area contributed by atoms with Crippen molar-refractivity contribution < 1.29 is 13.9 Å². The van der Waals surface area contributed by atoms with Crippen LogP contribution in [0, 0.1) is 18.3 Å². The number of thiophene rings is 1. The number of anilines is 2. The molecule has 1 amide bonds. The Morgan fingerprint density at radius 2 is 2.10 bits per heavy atom. The summed E-state index contributed by atoms with van der Waals surface area (Å²) in [7, 11) is 0. The molecule has 4 rings (SSSR count). The van der Waals surface area contributed by atoms with Crippen LogP contribution in [0.3, 0.4) is 0 Å². The Bertz CT molecular complexity index is 1540. The number of furan rings is 1. The number of fused-ring (bicyclic) bond motifs is 1. The van der Waals surface area contributed by atoms with Crippen LogP contribution in [0.15, 0.2) is 45.5 Å². The smallest absolute Gasteiger partial charge is 0.207 e. The fourth-order valence-electron chi connectivity index (χ4n) is 3.77. The molecule has 4 heterocycles. The van der Waals surface area contributed by atoms with E-state index in [1.54, 1.807) is 41.8 Å². The van der Waals surface area contributed by atoms with Gasteiger partial charge in [-0.05, 0) is 57.7 Å². The maximum Gasteiger partial charge on any atom is 0.207 e. The molecular formula is C30H39N7O3S2. The fourth-order valence-corrected chi connectivity index (χ4v) is 5.68. The summed E-state index contributed by atoms with van der Waals surface area (Å²) in [6.45, 7) is 15.9. The van der Waals surface area contributed by atoms with E-state index in [9.17, 15) is 10.1 Å². The number of hydrogen-bond acceptors (Lipinski definition) is 10. The monoisotopic (exact) mass is 609 g/mol. The first-order valence-corrected chi connectivity index (χ1v) is 15.5. The molecule has 42 heavy (non-hydrogen) atoms. The lowest BCUT2D eigenvalue weighted by Gasteiger charge is -2.21. The van der Waals surface area contributed by atoms with Crippen LogP contribution in [-0.2, 0) is 9.53 Å². The van der Waals surface area contributed by atoms with Crippen LogP contribution in [0.1, 0.15) is 65.0 Å². The van der Waals surface area contributed by atoms with Gasteiger partial charge in [0.05, 0.1) is 39.0 Å². The maximum absolute atomic E-state index is 10.8. The molecule has 0 unspecified atom stereocenters. The molecule has 0 aromatic carbocycles. The minimum Gasteiger partial charge on any atom is -0.453 e. The van der Waals surface area contributed by atoms with Gasteiger partial charge in [0, 0.05) is 36.5 Å². The summed E-state index contributed by atoms with van der Waals surface area (Å²) < 4.78 is 17.9. The zero-order valence-corrected chi connectivity index (χ0v) is 26.8. The molecule has 4 aromatic heterocycles. The summed E-state index contributed by atoms with van der Waals surface area (Å²) in [6, 6.07) is 5.82. The van der Waals surface area contributed by atoms with E-state index in [0.29, 0.717) is 43.1 Å². The number of aryl methyl sites for hydroxylation is 1. The van der Waals surface area contributed by atoms with Gasteiger partial charge in [-0.25, -0.2) is 9.97 Å². The molecular weight excluding hydrogens is 571 g/mol. The van der Waals surface area contributed by atoms with Crippen LogP contribution in [0.4, 0.5) is 10.8 Å². The van der Waals surface area contributed by atoms with Gasteiger partial charge in [0.25, 0.3) is 0 Å². The molecule has 4 aromatic rings. The molecule has 3 N–H and O–H groups in total. The van der Waals surface area contributed by atoms with E-state index in [1.807, 2.05) is 57.4 Å². The Labute approximate surface area is 255 Å². The summed E-state index contributed by atoms with van der Waals surface area (Å²) >= 11 is 3.25. The second kappa shape index (κ2) is 15.6. The molecule has 10 nitrogen and oxygen atoms in total. The van der Waals surface area contributed by atoms with Crippen LogP contribution < -0.4 is 15.4 Å². The van der Waals surface area contributed by atoms with Gasteiger partial charge in [-0.15, -0.1) is 11.3 Å². The van der Waals surface area contributed by atoms with Gasteiger partial charge in [-0.3, -0.25) is 13.9 Å². The van der Waals surface area contributed by atoms with Crippen molar-refractivity contribution in [1.82, 2.24) is 24.4 Å². The zero-order chi connectivity index (χ0) is 30.7. The van der Waals surface area contributed by atoms with Crippen molar-refractivity contribution in [3.63, 3.8) is 0 Å². The van der Waals surface area contributed by atoms with E-state index in [-0.39, 0.29) is 11.4 Å². The lowest BCUT2D eigenvalue weighted by atomic mass is 10.1. The summed E-state index contributed by atoms with van der Waals surface area (Å²) in [6.07, 6.45) is 8.54. The Hall–Kier alpha value is -3.63. The SMILES string of the molecule is CC.CCNSc1sc(Nc2nc(/C(=C/CCNC=O)COC(C)(C)C)cn3c(-c4coc(C#N)c4)cnc23)cc1C. The molecule has 0 aliphatic rings. The number of ether oxygens (including phenoxy) is 1. The normalized spacial score (nSPS) is 11.6. The number of carbonyl (C=O) groups is 1. The van der Waals surface area contributed by atoms with Gasteiger partial charge in [0.15, 0.2) is 11.5 Å². The van der Waals surface area contributed by atoms with Gasteiger partial charge in [-0.1, -0.05) is 26.8 Å². The molecule has 12 heteroatoms. The van der Waals surface area contributed by atoms with E-state index in [4.69, 9.17) is 14.1 Å². The highest BCUT2D eigenvalue weighted by molar-refractivity contribution is 7.99. The standard InChI is InChI=1S/C28H33N7O3S2.C2H6/c1-6-32-40-27-18(2)10-24(39-27)34-25-26-31-13-23(20-11-21(12-29)37-15-20)35(26)14-22(33-25)19(8-7-9-30-17-36)16-38-28(3,4)5;1-2/h8,10-11,13-15,17,32H,6-7,9,16H2,1-5H3,(H,30,36)(H,33,34);1-2H3/b19-8+;. The van der Waals surface area contributed by atoms with Crippen LogP contribution in [-0.4, -0.2) is 46.1 Å². The molecule has 0 aliphatic heterocycles. The Morgan fingerprint density at radius 3 is 2.76 bits per heavy atom. The number of amides is 1. The number of hydrogen-bond donors (Lipinski definition) is 3. The number of carbonyl (C=O) groups excluding carboxylic acids is 1. The van der Waals surface area contributed by atoms with Crippen molar-refractivity contribution >= 4 is 51.7 Å². The number of aromatic nitrogens is 3. The quantitative estimate of drug-likeness (QED) is 0.0837. The number of nitriles is 1. The molecule has 0 aliphatic carbocycles. The first-order chi connectivity index (χ1) is 20.2. The molecule has 0 radical (unpaired) electrons. The highest BCUT2D eigenvalue weighted by atomic mass is 32.2. The zero-order valence-electron chi connectivity index (χ0n) is 25.2. The minimum absolute atomic E-state index is 0.221. The van der Waals surface area contributed by atoms with Crippen molar-refractivity contribution in [2.24, 2.45) is 0 Å². The van der Waals surface area contributed by atoms with Crippen molar-refractivity contribution in [3.05, 3.63) is 53.9 Å². The molecule has 0 spiro atoms. The topological polar surface area (TPSA) is 130 Å². The number of nitrogens with zero attached hydrogens (tertiary/aromatic N) is 4. The summed E-state index contributed by atoms with van der Waals surface area (Å²) in [5.41, 5.74) is 4.51. The third-order valence-corrected chi connectivity index (χ3v) is 8.06. The molecule has 0 saturated carbocycles. The van der Waals surface area contributed by atoms with E-state index in [1.165, 1.54) is 9.77 Å². The predicted octanol–water partition coefficient (Wildman–Crippen LogP) is 6.95. The minimum atomic E-state index is -0.356. The molecule has 224 valence electrons. The van der Waals surface area contributed by atoms with Crippen LogP contribution >= 0.6 is 23.3 Å². The van der Waals surface area contributed by atoms with Gasteiger partial charge < -0.3 is 19.8 Å². The summed E-state index contributed by atoms with van der Waals surface area (Å²) in [4.78, 5) is 20.5. The van der Waals surface area contributed by atoms with Crippen molar-refractivity contribution in [1.29, 1.82) is 5.26 Å². The highest BCUT2D eigenvalue weighted by Crippen LogP contribution is 2.36. The van der Waals surface area contributed by atoms with Crippen molar-refractivity contribution in [2.75, 3.05) is 25.0 Å². The molecule has 0 fully saturated rings. The molecule has 0 atom stereocenters. The lowest BCUT2D eigenvalue weighted by Crippen LogP contribution is -2.21. The third-order valence-electron chi connectivity index (χ3n) is 5.67. The average molecular weight is 610 g/mol. The second-order valence-electron chi connectivity index (χ2n) is 9.92. The summed E-state index contributed by atoms with van der Waals surface area (Å²) in [5, 5.41) is 16.4. The molecule has 0 bridgehead atoms. The van der Waals surface area contributed by atoms with Crippen LogP contribution in [0.2, 0.25) is 0 Å². The van der Waals surface area contributed by atoms with Gasteiger partial charge >= 0.3 is 0 Å². The number of rotatable bonds is 13. The van der Waals surface area contributed by atoms with Gasteiger partial charge in [0.1, 0.15) is 12.3 Å². The number of imidazole rings is 1. The predicted molar refractivity (Wildman–Crippen MR) is 171 cm³/mol. The Balaban J connectivity index is 0.00000237. The van der Waals surface area contributed by atoms with Gasteiger partial charge in [-0.2, -0.15) is 5.26 Å². The third kappa shape index (κ3) is 8.69. The first-order valence-electron chi connectivity index (χ1n) is 13.9. The van der Waals surface area contributed by atoms with Crippen LogP contribution in [0.5, 0.6) is 0 Å². The maximum atomic E-state index is 10.8. The second-order valence-corrected chi connectivity index (χ2v) is 12.1. The largest absolute Gasteiger partial charge is 0.453 e. The van der Waals surface area contributed by atoms with Gasteiger partial charge in [0.2, 0.25) is 12.2 Å². The Kier molecular flexibility index (Phi) is 12.2. The fraction of sp³-hybridized carbons (Fsp3) is 0.400. The van der Waals surface area contributed by atoms with E-state index < -0.39 is 0 Å². The van der Waals surface area contributed by atoms with Crippen molar-refractivity contribution in [2.45, 2.75) is 64.7 Å². The Morgan fingerprint density at radius 1 is 1.31 bits per heavy atom. The van der Waals surface area contributed by atoms with E-state index in [2.05, 4.69) is 40.3 Å². The van der Waals surface area contributed by atoms with E-state index >= 15 is 0 Å². The lowest BCUT2D eigenvalue weighted by molar-refractivity contribution is -0.109. The average Bonchev–Trinajstić information content (AvgIpc) is 3.70. The first kappa shape index (κ1) is 32.9. The number of nitrogens with one attached hydrogen (secondary N) is 3. The highest BCUT2D eigenvalue weighted by Gasteiger charge is 2.19.